The summed E-state index contributed by atoms with van der Waals surface area (Å²) in [4.78, 5) is 20.7. The fourth-order valence-electron chi connectivity index (χ4n) is 2.86. The summed E-state index contributed by atoms with van der Waals surface area (Å²) in [6.07, 6.45) is 8.77. The van der Waals surface area contributed by atoms with E-state index in [1.54, 1.807) is 6.20 Å². The van der Waals surface area contributed by atoms with Gasteiger partial charge in [0.05, 0.1) is 19.3 Å². The van der Waals surface area contributed by atoms with Crippen LogP contribution in [0.1, 0.15) is 31.2 Å². The number of ether oxygens (including phenoxy) is 1. The molecule has 0 unspecified atom stereocenters. The second-order valence-electron chi connectivity index (χ2n) is 6.46. The van der Waals surface area contributed by atoms with E-state index < -0.39 is 11.9 Å². The zero-order chi connectivity index (χ0) is 20.2. The Kier molecular flexibility index (Phi) is 8.93. The normalized spacial score (nSPS) is 14.0. The molecule has 2 N–H and O–H groups in total. The van der Waals surface area contributed by atoms with Crippen LogP contribution in [0, 0.1) is 0 Å². The van der Waals surface area contributed by atoms with Crippen LogP contribution >= 0.6 is 0 Å². The van der Waals surface area contributed by atoms with Crippen LogP contribution in [-0.4, -0.2) is 68.3 Å². The Labute approximate surface area is 163 Å². The van der Waals surface area contributed by atoms with Gasteiger partial charge in [-0.15, -0.1) is 5.10 Å². The topological polar surface area (TPSA) is 118 Å². The Balaban J connectivity index is 0.000000409. The first-order chi connectivity index (χ1) is 13.5. The Bertz CT molecular complexity index is 700. The van der Waals surface area contributed by atoms with E-state index >= 15 is 0 Å². The van der Waals surface area contributed by atoms with Crippen LogP contribution in [0.5, 0.6) is 5.75 Å². The highest BCUT2D eigenvalue weighted by Gasteiger charge is 2.09. The van der Waals surface area contributed by atoms with Gasteiger partial charge in [0.25, 0.3) is 0 Å². The zero-order valence-corrected chi connectivity index (χ0v) is 15.7. The number of hydrogen-bond donors (Lipinski definition) is 2. The highest BCUT2D eigenvalue weighted by Crippen LogP contribution is 2.14. The second kappa shape index (κ2) is 11.7. The molecule has 3 rings (SSSR count). The first-order valence-corrected chi connectivity index (χ1v) is 9.29. The SMILES string of the molecule is O=C(O)C(=O)O.c1cn(Cc2ccc(OCCCN3CCCCC3)cc2)nn1. The van der Waals surface area contributed by atoms with Crippen molar-refractivity contribution < 1.29 is 24.5 Å². The number of piperidine rings is 1. The van der Waals surface area contributed by atoms with Crippen molar-refractivity contribution in [2.75, 3.05) is 26.2 Å². The molecule has 152 valence electrons. The molecule has 1 aliphatic rings. The number of benzene rings is 1. The van der Waals surface area contributed by atoms with Crippen molar-refractivity contribution in [3.63, 3.8) is 0 Å². The average Bonchev–Trinajstić information content (AvgIpc) is 3.21. The molecule has 1 aromatic heterocycles. The summed E-state index contributed by atoms with van der Waals surface area (Å²) in [7, 11) is 0. The summed E-state index contributed by atoms with van der Waals surface area (Å²) in [6, 6.07) is 8.24. The third-order valence-electron chi connectivity index (χ3n) is 4.26. The number of carboxylic acids is 2. The Hall–Kier alpha value is -2.94. The third kappa shape index (κ3) is 8.17. The number of nitrogens with zero attached hydrogens (tertiary/aromatic N) is 4. The summed E-state index contributed by atoms with van der Waals surface area (Å²) in [5, 5.41) is 22.6. The lowest BCUT2D eigenvalue weighted by atomic mass is 10.1. The molecule has 9 nitrogen and oxygen atoms in total. The Morgan fingerprint density at radius 1 is 1.04 bits per heavy atom. The maximum atomic E-state index is 9.10. The molecular weight excluding hydrogens is 364 g/mol. The zero-order valence-electron chi connectivity index (χ0n) is 15.7. The lowest BCUT2D eigenvalue weighted by Crippen LogP contribution is -2.31. The fourth-order valence-corrected chi connectivity index (χ4v) is 2.86. The summed E-state index contributed by atoms with van der Waals surface area (Å²) in [6.45, 7) is 5.21. The lowest BCUT2D eigenvalue weighted by molar-refractivity contribution is -0.159. The number of rotatable bonds is 7. The van der Waals surface area contributed by atoms with Crippen molar-refractivity contribution in [2.45, 2.75) is 32.2 Å². The molecule has 1 aromatic carbocycles. The maximum absolute atomic E-state index is 9.10. The van der Waals surface area contributed by atoms with Gasteiger partial charge in [0.1, 0.15) is 5.75 Å². The predicted octanol–water partition coefficient (Wildman–Crippen LogP) is 1.74. The van der Waals surface area contributed by atoms with Gasteiger partial charge in [-0.05, 0) is 50.0 Å². The largest absolute Gasteiger partial charge is 0.494 e. The quantitative estimate of drug-likeness (QED) is 0.542. The fraction of sp³-hybridized carbons (Fsp3) is 0.474. The van der Waals surface area contributed by atoms with E-state index in [4.69, 9.17) is 24.5 Å². The predicted molar refractivity (Wildman–Crippen MR) is 101 cm³/mol. The molecule has 2 heterocycles. The van der Waals surface area contributed by atoms with Gasteiger partial charge in [-0.1, -0.05) is 23.8 Å². The molecular formula is C19H26N4O5. The van der Waals surface area contributed by atoms with Crippen LogP contribution in [0.25, 0.3) is 0 Å². The molecule has 0 amide bonds. The minimum atomic E-state index is -1.82. The Morgan fingerprint density at radius 2 is 1.71 bits per heavy atom. The van der Waals surface area contributed by atoms with Gasteiger partial charge in [0.15, 0.2) is 0 Å². The van der Waals surface area contributed by atoms with Crippen LogP contribution < -0.4 is 4.74 Å². The van der Waals surface area contributed by atoms with Crippen LogP contribution in [0.15, 0.2) is 36.7 Å². The van der Waals surface area contributed by atoms with E-state index in [-0.39, 0.29) is 0 Å². The van der Waals surface area contributed by atoms with Gasteiger partial charge in [0.2, 0.25) is 0 Å². The molecule has 1 fully saturated rings. The second-order valence-corrected chi connectivity index (χ2v) is 6.46. The van der Waals surface area contributed by atoms with E-state index in [0.29, 0.717) is 0 Å². The first kappa shape index (κ1) is 21.4. The lowest BCUT2D eigenvalue weighted by Gasteiger charge is -2.26. The van der Waals surface area contributed by atoms with E-state index in [9.17, 15) is 0 Å². The number of carbonyl (C=O) groups is 2. The van der Waals surface area contributed by atoms with E-state index in [2.05, 4.69) is 27.3 Å². The van der Waals surface area contributed by atoms with Crippen LogP contribution in [0.4, 0.5) is 0 Å². The smallest absolute Gasteiger partial charge is 0.414 e. The molecule has 28 heavy (non-hydrogen) atoms. The van der Waals surface area contributed by atoms with Gasteiger partial charge in [0, 0.05) is 12.7 Å². The van der Waals surface area contributed by atoms with Crippen molar-refractivity contribution >= 4 is 11.9 Å². The van der Waals surface area contributed by atoms with Crippen molar-refractivity contribution in [3.05, 3.63) is 42.2 Å². The van der Waals surface area contributed by atoms with Crippen molar-refractivity contribution in [1.82, 2.24) is 19.9 Å². The van der Waals surface area contributed by atoms with Crippen molar-refractivity contribution in [1.29, 1.82) is 0 Å². The van der Waals surface area contributed by atoms with E-state index in [1.807, 2.05) is 23.0 Å². The van der Waals surface area contributed by atoms with Crippen molar-refractivity contribution in [3.8, 4) is 5.75 Å². The summed E-state index contributed by atoms with van der Waals surface area (Å²) < 4.78 is 7.64. The van der Waals surface area contributed by atoms with Gasteiger partial charge < -0.3 is 19.8 Å². The van der Waals surface area contributed by atoms with Crippen LogP contribution in [0.2, 0.25) is 0 Å². The van der Waals surface area contributed by atoms with Crippen molar-refractivity contribution in [2.24, 2.45) is 0 Å². The highest BCUT2D eigenvalue weighted by atomic mass is 16.5. The van der Waals surface area contributed by atoms with Crippen LogP contribution in [-0.2, 0) is 16.1 Å². The van der Waals surface area contributed by atoms with E-state index in [1.165, 1.54) is 37.9 Å². The molecule has 9 heteroatoms. The van der Waals surface area contributed by atoms with E-state index in [0.717, 1.165) is 31.9 Å². The summed E-state index contributed by atoms with van der Waals surface area (Å²) in [5.41, 5.74) is 1.20. The molecule has 1 saturated heterocycles. The molecule has 0 spiro atoms. The minimum Gasteiger partial charge on any atom is -0.494 e. The Morgan fingerprint density at radius 3 is 2.29 bits per heavy atom. The van der Waals surface area contributed by atoms with Gasteiger partial charge >= 0.3 is 11.9 Å². The summed E-state index contributed by atoms with van der Waals surface area (Å²) >= 11 is 0. The van der Waals surface area contributed by atoms with Gasteiger partial charge in [-0.3, -0.25) is 0 Å². The molecule has 0 saturated carbocycles. The standard InChI is InChI=1S/C17H24N4O.C2H2O4/c1-2-10-20(11-3-1)12-4-14-22-17-7-5-16(6-8-17)15-21-13-9-18-19-21;3-1(4)2(5)6/h5-9,13H,1-4,10-12,14-15H2;(H,3,4)(H,5,6). The van der Waals surface area contributed by atoms with Gasteiger partial charge in [-0.25, -0.2) is 14.3 Å². The first-order valence-electron chi connectivity index (χ1n) is 9.29. The third-order valence-corrected chi connectivity index (χ3v) is 4.26. The average molecular weight is 390 g/mol. The van der Waals surface area contributed by atoms with Crippen LogP contribution in [0.3, 0.4) is 0 Å². The number of aromatic nitrogens is 3. The molecule has 0 radical (unpaired) electrons. The monoisotopic (exact) mass is 390 g/mol. The number of carboxylic acid groups (broad SMARTS) is 2. The maximum Gasteiger partial charge on any atom is 0.414 e. The molecule has 0 atom stereocenters. The number of aliphatic carboxylic acids is 2. The number of hydrogen-bond acceptors (Lipinski definition) is 6. The summed E-state index contributed by atoms with van der Waals surface area (Å²) in [5.74, 6) is -2.70. The number of likely N-dealkylation sites (tertiary alicyclic amines) is 1. The highest BCUT2D eigenvalue weighted by molar-refractivity contribution is 6.27. The molecule has 0 bridgehead atoms. The van der Waals surface area contributed by atoms with Gasteiger partial charge in [-0.2, -0.15) is 0 Å². The molecule has 2 aromatic rings. The minimum absolute atomic E-state index is 0.745. The molecule has 0 aliphatic carbocycles. The molecule has 1 aliphatic heterocycles.